The van der Waals surface area contributed by atoms with Crippen molar-refractivity contribution in [1.82, 2.24) is 10.2 Å². The molecule has 1 aliphatic rings. The molecule has 21 heavy (non-hydrogen) atoms. The lowest BCUT2D eigenvalue weighted by Gasteiger charge is -2.31. The molecule has 0 radical (unpaired) electrons. The molecule has 1 aliphatic heterocycles. The van der Waals surface area contributed by atoms with Gasteiger partial charge >= 0.3 is 5.97 Å². The minimum absolute atomic E-state index is 0.00569. The molecule has 0 spiro atoms. The first-order valence-electron chi connectivity index (χ1n) is 7.30. The number of aromatic carboxylic acids is 1. The number of benzene rings is 1. The number of fused-ring (bicyclic) bond motifs is 1. The van der Waals surface area contributed by atoms with Crippen LogP contribution in [0.25, 0.3) is 11.0 Å². The van der Waals surface area contributed by atoms with Crippen LogP contribution in [0.15, 0.2) is 28.7 Å². The Hall–Kier alpha value is -1.85. The van der Waals surface area contributed by atoms with Gasteiger partial charge in [-0.3, -0.25) is 4.90 Å². The number of rotatable bonds is 4. The predicted octanol–water partition coefficient (Wildman–Crippen LogP) is 2.31. The second kappa shape index (κ2) is 5.87. The molecule has 2 heterocycles. The van der Waals surface area contributed by atoms with Crippen molar-refractivity contribution in [3.05, 3.63) is 35.6 Å². The number of nitrogens with one attached hydrogen (secondary N) is 1. The van der Waals surface area contributed by atoms with Crippen LogP contribution in [0, 0.1) is 0 Å². The molecule has 5 heteroatoms. The van der Waals surface area contributed by atoms with E-state index >= 15 is 0 Å². The standard InChI is InChI=1S/C16H20N2O3/c1-18(13-4-6-17-7-5-13)10-11-2-3-14-12(8-11)9-15(21-14)16(19)20/h2-3,8-9,13,17H,4-7,10H2,1H3,(H,19,20). The van der Waals surface area contributed by atoms with E-state index in [1.165, 1.54) is 18.4 Å². The zero-order valence-electron chi connectivity index (χ0n) is 12.1. The zero-order chi connectivity index (χ0) is 14.8. The van der Waals surface area contributed by atoms with E-state index in [0.717, 1.165) is 25.0 Å². The van der Waals surface area contributed by atoms with Crippen LogP contribution in [-0.2, 0) is 6.54 Å². The number of hydrogen-bond donors (Lipinski definition) is 2. The Morgan fingerprint density at radius 1 is 1.38 bits per heavy atom. The third-order valence-electron chi connectivity index (χ3n) is 4.16. The molecular formula is C16H20N2O3. The van der Waals surface area contributed by atoms with Crippen LogP contribution >= 0.6 is 0 Å². The largest absolute Gasteiger partial charge is 0.475 e. The Bertz CT molecular complexity index is 644. The van der Waals surface area contributed by atoms with E-state index in [0.29, 0.717) is 11.6 Å². The van der Waals surface area contributed by atoms with Crippen LogP contribution in [0.5, 0.6) is 0 Å². The van der Waals surface area contributed by atoms with Gasteiger partial charge in [0.05, 0.1) is 0 Å². The highest BCUT2D eigenvalue weighted by molar-refractivity contribution is 5.91. The SMILES string of the molecule is CN(Cc1ccc2oc(C(=O)O)cc2c1)C1CCNCC1. The van der Waals surface area contributed by atoms with Crippen molar-refractivity contribution >= 4 is 16.9 Å². The summed E-state index contributed by atoms with van der Waals surface area (Å²) in [5, 5.41) is 13.2. The van der Waals surface area contributed by atoms with Crippen LogP contribution in [0.1, 0.15) is 29.0 Å². The van der Waals surface area contributed by atoms with E-state index in [1.807, 2.05) is 18.2 Å². The molecule has 1 aromatic heterocycles. The van der Waals surface area contributed by atoms with Crippen molar-refractivity contribution in [2.45, 2.75) is 25.4 Å². The molecule has 2 aromatic rings. The highest BCUT2D eigenvalue weighted by atomic mass is 16.4. The topological polar surface area (TPSA) is 65.7 Å². The van der Waals surface area contributed by atoms with Crippen molar-refractivity contribution < 1.29 is 14.3 Å². The summed E-state index contributed by atoms with van der Waals surface area (Å²) in [7, 11) is 2.15. The van der Waals surface area contributed by atoms with Gasteiger partial charge in [-0.1, -0.05) is 6.07 Å². The summed E-state index contributed by atoms with van der Waals surface area (Å²) in [6.45, 7) is 3.03. The van der Waals surface area contributed by atoms with E-state index in [-0.39, 0.29) is 5.76 Å². The average Bonchev–Trinajstić information content (AvgIpc) is 2.91. The lowest BCUT2D eigenvalue weighted by molar-refractivity contribution is 0.0665. The van der Waals surface area contributed by atoms with Crippen LogP contribution < -0.4 is 5.32 Å². The highest BCUT2D eigenvalue weighted by Gasteiger charge is 2.18. The molecule has 1 aromatic carbocycles. The normalized spacial score (nSPS) is 16.7. The van der Waals surface area contributed by atoms with Crippen molar-refractivity contribution in [3.8, 4) is 0 Å². The number of carboxylic acids is 1. The first kappa shape index (κ1) is 14.1. The van der Waals surface area contributed by atoms with Gasteiger partial charge in [0.15, 0.2) is 0 Å². The molecule has 2 N–H and O–H groups in total. The molecule has 3 rings (SSSR count). The first-order valence-corrected chi connectivity index (χ1v) is 7.30. The molecule has 0 bridgehead atoms. The second-order valence-electron chi connectivity index (χ2n) is 5.68. The molecule has 0 atom stereocenters. The van der Waals surface area contributed by atoms with E-state index in [9.17, 15) is 4.79 Å². The molecule has 0 aliphatic carbocycles. The first-order chi connectivity index (χ1) is 10.1. The van der Waals surface area contributed by atoms with Crippen LogP contribution in [0.2, 0.25) is 0 Å². The predicted molar refractivity (Wildman–Crippen MR) is 80.5 cm³/mol. The van der Waals surface area contributed by atoms with Gasteiger partial charge in [0.2, 0.25) is 5.76 Å². The fourth-order valence-corrected chi connectivity index (χ4v) is 2.96. The fourth-order valence-electron chi connectivity index (χ4n) is 2.96. The fraction of sp³-hybridized carbons (Fsp3) is 0.438. The van der Waals surface area contributed by atoms with Gasteiger partial charge in [0, 0.05) is 18.0 Å². The van der Waals surface area contributed by atoms with Crippen LogP contribution in [0.4, 0.5) is 0 Å². The zero-order valence-corrected chi connectivity index (χ0v) is 12.1. The van der Waals surface area contributed by atoms with Gasteiger partial charge in [-0.05, 0) is 56.7 Å². The van der Waals surface area contributed by atoms with E-state index in [1.54, 1.807) is 6.07 Å². The number of carbonyl (C=O) groups is 1. The smallest absolute Gasteiger partial charge is 0.371 e. The maximum Gasteiger partial charge on any atom is 0.371 e. The van der Waals surface area contributed by atoms with Gasteiger partial charge in [-0.25, -0.2) is 4.79 Å². The maximum absolute atomic E-state index is 10.9. The van der Waals surface area contributed by atoms with Gasteiger partial charge in [0.1, 0.15) is 5.58 Å². The molecular weight excluding hydrogens is 268 g/mol. The monoisotopic (exact) mass is 288 g/mol. The van der Waals surface area contributed by atoms with E-state index in [4.69, 9.17) is 9.52 Å². The third-order valence-corrected chi connectivity index (χ3v) is 4.16. The minimum Gasteiger partial charge on any atom is -0.475 e. The number of nitrogens with zero attached hydrogens (tertiary/aromatic N) is 1. The number of carboxylic acid groups (broad SMARTS) is 1. The molecule has 1 saturated heterocycles. The van der Waals surface area contributed by atoms with Crippen LogP contribution in [0.3, 0.4) is 0 Å². The number of furan rings is 1. The lowest BCUT2D eigenvalue weighted by atomic mass is 10.0. The molecule has 112 valence electrons. The van der Waals surface area contributed by atoms with Gasteiger partial charge in [0.25, 0.3) is 0 Å². The van der Waals surface area contributed by atoms with E-state index in [2.05, 4.69) is 17.3 Å². The van der Waals surface area contributed by atoms with Crippen molar-refractivity contribution in [2.75, 3.05) is 20.1 Å². The van der Waals surface area contributed by atoms with Gasteiger partial charge in [-0.15, -0.1) is 0 Å². The lowest BCUT2D eigenvalue weighted by Crippen LogP contribution is -2.40. The quantitative estimate of drug-likeness (QED) is 0.904. The molecule has 0 amide bonds. The summed E-state index contributed by atoms with van der Waals surface area (Å²) >= 11 is 0. The van der Waals surface area contributed by atoms with E-state index < -0.39 is 5.97 Å². The molecule has 5 nitrogen and oxygen atoms in total. The Kier molecular flexibility index (Phi) is 3.94. The van der Waals surface area contributed by atoms with Crippen molar-refractivity contribution in [2.24, 2.45) is 0 Å². The Morgan fingerprint density at radius 3 is 2.86 bits per heavy atom. The summed E-state index contributed by atoms with van der Waals surface area (Å²) < 4.78 is 5.28. The van der Waals surface area contributed by atoms with Crippen molar-refractivity contribution in [3.63, 3.8) is 0 Å². The third kappa shape index (κ3) is 3.09. The summed E-state index contributed by atoms with van der Waals surface area (Å²) in [5.74, 6) is -1.03. The molecule has 0 unspecified atom stereocenters. The molecule has 0 saturated carbocycles. The van der Waals surface area contributed by atoms with Gasteiger partial charge < -0.3 is 14.8 Å². The maximum atomic E-state index is 10.9. The van der Waals surface area contributed by atoms with Gasteiger partial charge in [-0.2, -0.15) is 0 Å². The summed E-state index contributed by atoms with van der Waals surface area (Å²) in [4.78, 5) is 13.3. The Labute approximate surface area is 123 Å². The second-order valence-corrected chi connectivity index (χ2v) is 5.68. The van der Waals surface area contributed by atoms with Crippen molar-refractivity contribution in [1.29, 1.82) is 0 Å². The average molecular weight is 288 g/mol. The number of piperidine rings is 1. The summed E-state index contributed by atoms with van der Waals surface area (Å²) in [5.41, 5.74) is 1.81. The Balaban J connectivity index is 1.75. The summed E-state index contributed by atoms with van der Waals surface area (Å²) in [6.07, 6.45) is 2.35. The Morgan fingerprint density at radius 2 is 2.14 bits per heavy atom. The minimum atomic E-state index is -1.03. The summed E-state index contributed by atoms with van der Waals surface area (Å²) in [6, 6.07) is 8.08. The molecule has 1 fully saturated rings. The number of hydrogen-bond acceptors (Lipinski definition) is 4. The van der Waals surface area contributed by atoms with Crippen LogP contribution in [-0.4, -0.2) is 42.2 Å². The highest BCUT2D eigenvalue weighted by Crippen LogP contribution is 2.22.